The first-order valence-corrected chi connectivity index (χ1v) is 10.9. The van der Waals surface area contributed by atoms with Gasteiger partial charge in [-0.2, -0.15) is 13.2 Å². The fourth-order valence-electron chi connectivity index (χ4n) is 2.68. The summed E-state index contributed by atoms with van der Waals surface area (Å²) in [6, 6.07) is 11.2. The number of hydrogen-bond acceptors (Lipinski definition) is 5. The normalized spacial score (nSPS) is 12.3. The molecule has 0 saturated heterocycles. The molecule has 0 aliphatic heterocycles. The highest BCUT2D eigenvalue weighted by Crippen LogP contribution is 2.33. The van der Waals surface area contributed by atoms with Crippen LogP contribution in [0.2, 0.25) is 0 Å². The fraction of sp³-hybridized carbons (Fsp3) is 0.182. The molecule has 0 bridgehead atoms. The van der Waals surface area contributed by atoms with E-state index in [9.17, 15) is 30.8 Å². The van der Waals surface area contributed by atoms with Crippen LogP contribution in [-0.4, -0.2) is 24.1 Å². The highest BCUT2D eigenvalue weighted by Gasteiger charge is 2.44. The summed E-state index contributed by atoms with van der Waals surface area (Å²) >= 11 is 0. The molecule has 1 N–H and O–H groups in total. The van der Waals surface area contributed by atoms with Gasteiger partial charge in [-0.05, 0) is 62.4 Å². The Morgan fingerprint density at radius 3 is 2.24 bits per heavy atom. The van der Waals surface area contributed by atoms with E-state index in [2.05, 4.69) is 10.3 Å². The smallest absolute Gasteiger partial charge is 0.416 e. The number of sulfone groups is 1. The van der Waals surface area contributed by atoms with Crippen molar-refractivity contribution in [2.75, 3.05) is 5.32 Å². The maximum absolute atomic E-state index is 13.0. The van der Waals surface area contributed by atoms with Gasteiger partial charge < -0.3 is 10.1 Å². The van der Waals surface area contributed by atoms with Gasteiger partial charge in [-0.15, -0.1) is 0 Å². The number of rotatable bonds is 6. The minimum absolute atomic E-state index is 0.135. The first-order valence-electron chi connectivity index (χ1n) is 9.43. The molecule has 1 aromatic heterocycles. The van der Waals surface area contributed by atoms with Gasteiger partial charge in [0, 0.05) is 6.07 Å². The number of hydrogen-bond donors (Lipinski definition) is 1. The first kappa shape index (κ1) is 24.2. The van der Waals surface area contributed by atoms with Crippen LogP contribution in [0.25, 0.3) is 0 Å². The number of ether oxygens (including phenoxy) is 1. The number of anilines is 1. The fourth-order valence-corrected chi connectivity index (χ4v) is 4.10. The Balaban J connectivity index is 1.76. The number of pyridine rings is 1. The summed E-state index contributed by atoms with van der Waals surface area (Å²) in [5, 5.41) is 2.39. The van der Waals surface area contributed by atoms with Crippen LogP contribution in [0.1, 0.15) is 19.4 Å². The van der Waals surface area contributed by atoms with E-state index in [1.54, 1.807) is 0 Å². The average molecular weight is 482 g/mol. The zero-order valence-electron chi connectivity index (χ0n) is 17.4. The van der Waals surface area contributed by atoms with Crippen LogP contribution in [0.4, 0.5) is 23.2 Å². The number of carbonyl (C=O) groups is 1. The molecule has 174 valence electrons. The van der Waals surface area contributed by atoms with E-state index in [0.29, 0.717) is 11.8 Å². The Morgan fingerprint density at radius 2 is 1.67 bits per heavy atom. The average Bonchev–Trinajstić information content (AvgIpc) is 2.76. The number of carbonyl (C=O) groups excluding carboxylic acids is 1. The highest BCUT2D eigenvalue weighted by atomic mass is 32.2. The van der Waals surface area contributed by atoms with Gasteiger partial charge in [0.2, 0.25) is 11.8 Å². The van der Waals surface area contributed by atoms with E-state index >= 15 is 0 Å². The third-order valence-corrected chi connectivity index (χ3v) is 7.12. The van der Waals surface area contributed by atoms with Gasteiger partial charge in [-0.25, -0.2) is 17.8 Å². The van der Waals surface area contributed by atoms with Crippen molar-refractivity contribution in [3.05, 3.63) is 78.2 Å². The van der Waals surface area contributed by atoms with E-state index in [4.69, 9.17) is 4.74 Å². The minimum atomic E-state index is -4.73. The Morgan fingerprint density at radius 1 is 1.00 bits per heavy atom. The number of benzene rings is 2. The Labute approximate surface area is 187 Å². The number of nitrogens with zero attached hydrogens (tertiary/aromatic N) is 1. The number of aromatic nitrogens is 1. The predicted octanol–water partition coefficient (Wildman–Crippen LogP) is 5.22. The molecule has 0 atom stereocenters. The molecule has 1 heterocycles. The van der Waals surface area contributed by atoms with E-state index in [-0.39, 0.29) is 11.6 Å². The minimum Gasteiger partial charge on any atom is -0.439 e. The van der Waals surface area contributed by atoms with Crippen molar-refractivity contribution in [1.29, 1.82) is 0 Å². The quantitative estimate of drug-likeness (QED) is 0.487. The highest BCUT2D eigenvalue weighted by molar-refractivity contribution is 7.93. The largest absolute Gasteiger partial charge is 0.439 e. The molecule has 11 heteroatoms. The zero-order valence-corrected chi connectivity index (χ0v) is 18.2. The van der Waals surface area contributed by atoms with Crippen LogP contribution in [-0.2, 0) is 20.8 Å². The molecular formula is C22H18F4N2O4S. The summed E-state index contributed by atoms with van der Waals surface area (Å²) < 4.78 is 81.1. The number of alkyl halides is 3. The van der Waals surface area contributed by atoms with Gasteiger partial charge >= 0.3 is 6.18 Å². The molecule has 1 amide bonds. The van der Waals surface area contributed by atoms with Crippen LogP contribution < -0.4 is 10.1 Å². The van der Waals surface area contributed by atoms with Crippen molar-refractivity contribution < 1.29 is 35.5 Å². The Hall–Kier alpha value is -3.47. The van der Waals surface area contributed by atoms with Gasteiger partial charge in [0.25, 0.3) is 0 Å². The molecule has 0 fully saturated rings. The van der Waals surface area contributed by atoms with Crippen molar-refractivity contribution in [2.45, 2.75) is 29.7 Å². The third-order valence-electron chi connectivity index (χ3n) is 4.72. The van der Waals surface area contributed by atoms with Gasteiger partial charge in [-0.1, -0.05) is 6.07 Å². The van der Waals surface area contributed by atoms with Crippen molar-refractivity contribution in [1.82, 2.24) is 4.98 Å². The molecule has 3 rings (SSSR count). The topological polar surface area (TPSA) is 85.4 Å². The second-order valence-electron chi connectivity index (χ2n) is 7.43. The van der Waals surface area contributed by atoms with Gasteiger partial charge in [0.1, 0.15) is 16.3 Å². The summed E-state index contributed by atoms with van der Waals surface area (Å²) in [6.07, 6.45) is -3.52. The van der Waals surface area contributed by atoms with Gasteiger partial charge in [-0.3, -0.25) is 4.79 Å². The molecule has 6 nitrogen and oxygen atoms in total. The molecule has 0 aliphatic carbocycles. The first-order chi connectivity index (χ1) is 15.3. The lowest BCUT2D eigenvalue weighted by Gasteiger charge is -2.24. The molecule has 2 aromatic carbocycles. The van der Waals surface area contributed by atoms with Crippen LogP contribution in [0.5, 0.6) is 11.6 Å². The summed E-state index contributed by atoms with van der Waals surface area (Å²) in [7, 11) is -4.48. The third kappa shape index (κ3) is 5.30. The van der Waals surface area contributed by atoms with Crippen LogP contribution in [0.15, 0.2) is 71.8 Å². The van der Waals surface area contributed by atoms with Crippen LogP contribution in [0, 0.1) is 5.82 Å². The van der Waals surface area contributed by atoms with Crippen LogP contribution >= 0.6 is 0 Å². The number of amides is 1. The second kappa shape index (κ2) is 8.81. The van der Waals surface area contributed by atoms with Crippen molar-refractivity contribution in [2.24, 2.45) is 0 Å². The van der Waals surface area contributed by atoms with Crippen molar-refractivity contribution >= 4 is 21.4 Å². The number of nitrogens with one attached hydrogen (secondary N) is 1. The molecular weight excluding hydrogens is 464 g/mol. The predicted molar refractivity (Wildman–Crippen MR) is 112 cm³/mol. The van der Waals surface area contributed by atoms with Crippen molar-refractivity contribution in [3.63, 3.8) is 0 Å². The van der Waals surface area contributed by atoms with Crippen molar-refractivity contribution in [3.8, 4) is 11.6 Å². The second-order valence-corrected chi connectivity index (χ2v) is 9.93. The molecule has 0 radical (unpaired) electrons. The molecule has 3 aromatic rings. The van der Waals surface area contributed by atoms with E-state index in [1.807, 2.05) is 0 Å². The molecule has 0 aliphatic rings. The summed E-state index contributed by atoms with van der Waals surface area (Å²) in [4.78, 5) is 16.1. The zero-order chi connectivity index (χ0) is 24.4. The van der Waals surface area contributed by atoms with Gasteiger partial charge in [0.15, 0.2) is 9.84 Å². The van der Waals surface area contributed by atoms with E-state index in [0.717, 1.165) is 32.0 Å². The maximum atomic E-state index is 13.0. The lowest BCUT2D eigenvalue weighted by atomic mass is 10.2. The summed E-state index contributed by atoms with van der Waals surface area (Å²) in [6.45, 7) is 2.19. The molecule has 33 heavy (non-hydrogen) atoms. The summed E-state index contributed by atoms with van der Waals surface area (Å²) in [5.41, 5.74) is -1.00. The van der Waals surface area contributed by atoms with E-state index in [1.165, 1.54) is 42.6 Å². The summed E-state index contributed by atoms with van der Waals surface area (Å²) in [5.74, 6) is -0.936. The Bertz CT molecular complexity index is 1260. The lowest BCUT2D eigenvalue weighted by molar-refractivity contribution is -0.137. The van der Waals surface area contributed by atoms with Crippen LogP contribution in [0.3, 0.4) is 0 Å². The monoisotopic (exact) mass is 482 g/mol. The number of halogens is 4. The molecule has 0 saturated carbocycles. The SMILES string of the molecule is CC(C)(C(=O)Nc1ccc(Oc2ccc(F)cc2)nc1)S(=O)(=O)c1cccc(C(F)(F)F)c1. The van der Waals surface area contributed by atoms with Gasteiger partial charge in [0.05, 0.1) is 22.3 Å². The lowest BCUT2D eigenvalue weighted by Crippen LogP contribution is -2.44. The molecule has 0 unspecified atom stereocenters. The maximum Gasteiger partial charge on any atom is 0.416 e. The molecule has 0 spiro atoms. The van der Waals surface area contributed by atoms with E-state index < -0.39 is 42.9 Å². The standard InChI is InChI=1S/C22H18F4N2O4S/c1-21(2,33(30,31)18-5-3-4-14(12-18)22(24,25)26)20(29)28-16-8-11-19(27-13-16)32-17-9-6-15(23)7-10-17/h3-13H,1-2H3,(H,28,29). The Kier molecular flexibility index (Phi) is 6.46.